The molecular formula is C15H29NO. The highest BCUT2D eigenvalue weighted by molar-refractivity contribution is 5.04. The first-order chi connectivity index (χ1) is 8.04. The fourth-order valence-corrected chi connectivity index (χ4v) is 2.80. The Bertz CT molecular complexity index is 241. The molecule has 2 N–H and O–H groups in total. The van der Waals surface area contributed by atoms with E-state index in [0.717, 1.165) is 38.2 Å². The Morgan fingerprint density at radius 2 is 2.00 bits per heavy atom. The van der Waals surface area contributed by atoms with Gasteiger partial charge < -0.3 is 10.5 Å². The third-order valence-electron chi connectivity index (χ3n) is 4.24. The average molecular weight is 239 g/mol. The van der Waals surface area contributed by atoms with Gasteiger partial charge in [-0.25, -0.2) is 0 Å². The minimum atomic E-state index is -0.0840. The standard InChI is InChI=1S/C15H29NO/c1-5-12(3)11-14(16)15(17-6-2)9-7-13(4)8-10-15/h13-14H,3,5-11,16H2,1-2,4H3. The molecule has 100 valence electrons. The summed E-state index contributed by atoms with van der Waals surface area (Å²) in [6.07, 6.45) is 6.64. The first kappa shape index (κ1) is 14.7. The van der Waals surface area contributed by atoms with Crippen molar-refractivity contribution < 1.29 is 4.74 Å². The van der Waals surface area contributed by atoms with Gasteiger partial charge in [-0.05, 0) is 51.4 Å². The molecule has 0 spiro atoms. The molecule has 1 rings (SSSR count). The van der Waals surface area contributed by atoms with Crippen LogP contribution >= 0.6 is 0 Å². The van der Waals surface area contributed by atoms with Gasteiger partial charge in [0.2, 0.25) is 0 Å². The smallest absolute Gasteiger partial charge is 0.0835 e. The van der Waals surface area contributed by atoms with Crippen molar-refractivity contribution in [3.8, 4) is 0 Å². The lowest BCUT2D eigenvalue weighted by Gasteiger charge is -2.43. The molecule has 1 unspecified atom stereocenters. The molecule has 0 heterocycles. The first-order valence-corrected chi connectivity index (χ1v) is 7.10. The predicted octanol–water partition coefficient (Wildman–Crippen LogP) is 3.66. The van der Waals surface area contributed by atoms with Gasteiger partial charge in [-0.1, -0.05) is 26.0 Å². The average Bonchev–Trinajstić information content (AvgIpc) is 2.32. The van der Waals surface area contributed by atoms with E-state index in [9.17, 15) is 0 Å². The van der Waals surface area contributed by atoms with E-state index in [1.165, 1.54) is 18.4 Å². The molecule has 17 heavy (non-hydrogen) atoms. The van der Waals surface area contributed by atoms with Gasteiger partial charge >= 0.3 is 0 Å². The molecule has 0 aliphatic heterocycles. The Hall–Kier alpha value is -0.340. The van der Waals surface area contributed by atoms with E-state index in [0.29, 0.717) is 0 Å². The van der Waals surface area contributed by atoms with Crippen LogP contribution in [0.1, 0.15) is 59.3 Å². The van der Waals surface area contributed by atoms with Crippen LogP contribution in [0.2, 0.25) is 0 Å². The highest BCUT2D eigenvalue weighted by atomic mass is 16.5. The topological polar surface area (TPSA) is 35.2 Å². The van der Waals surface area contributed by atoms with E-state index >= 15 is 0 Å². The van der Waals surface area contributed by atoms with Gasteiger partial charge in [0.05, 0.1) is 5.60 Å². The minimum absolute atomic E-state index is 0.0840. The molecule has 0 aromatic heterocycles. The van der Waals surface area contributed by atoms with Gasteiger partial charge in [-0.3, -0.25) is 0 Å². The quantitative estimate of drug-likeness (QED) is 0.718. The summed E-state index contributed by atoms with van der Waals surface area (Å²) in [5.74, 6) is 0.824. The van der Waals surface area contributed by atoms with Gasteiger partial charge in [0.15, 0.2) is 0 Å². The minimum Gasteiger partial charge on any atom is -0.374 e. The van der Waals surface area contributed by atoms with Crippen molar-refractivity contribution in [2.45, 2.75) is 70.9 Å². The summed E-state index contributed by atoms with van der Waals surface area (Å²) in [5.41, 5.74) is 7.57. The molecule has 1 saturated carbocycles. The van der Waals surface area contributed by atoms with E-state index in [1.54, 1.807) is 0 Å². The maximum atomic E-state index is 6.41. The van der Waals surface area contributed by atoms with Gasteiger partial charge in [0.1, 0.15) is 0 Å². The lowest BCUT2D eigenvalue weighted by molar-refractivity contribution is -0.0883. The maximum absolute atomic E-state index is 6.41. The van der Waals surface area contributed by atoms with Gasteiger partial charge in [-0.2, -0.15) is 0 Å². The van der Waals surface area contributed by atoms with Crippen molar-refractivity contribution in [1.82, 2.24) is 0 Å². The van der Waals surface area contributed by atoms with Crippen LogP contribution in [0, 0.1) is 5.92 Å². The van der Waals surface area contributed by atoms with E-state index in [-0.39, 0.29) is 11.6 Å². The molecular weight excluding hydrogens is 210 g/mol. The molecule has 2 nitrogen and oxygen atoms in total. The van der Waals surface area contributed by atoms with E-state index in [1.807, 2.05) is 0 Å². The summed E-state index contributed by atoms with van der Waals surface area (Å²) in [6, 6.07) is 0.113. The monoisotopic (exact) mass is 239 g/mol. The number of hydrogen-bond donors (Lipinski definition) is 1. The summed E-state index contributed by atoms with van der Waals surface area (Å²) < 4.78 is 6.06. The van der Waals surface area contributed by atoms with Crippen LogP contribution in [-0.2, 0) is 4.74 Å². The van der Waals surface area contributed by atoms with Gasteiger partial charge in [0, 0.05) is 12.6 Å². The van der Waals surface area contributed by atoms with Crippen LogP contribution in [0.3, 0.4) is 0 Å². The fourth-order valence-electron chi connectivity index (χ4n) is 2.80. The second-order valence-electron chi connectivity index (χ2n) is 5.59. The molecule has 0 aromatic carbocycles. The van der Waals surface area contributed by atoms with Crippen LogP contribution in [0.25, 0.3) is 0 Å². The molecule has 1 fully saturated rings. The second kappa shape index (κ2) is 6.55. The Balaban J connectivity index is 2.66. The van der Waals surface area contributed by atoms with E-state index < -0.39 is 0 Å². The lowest BCUT2D eigenvalue weighted by atomic mass is 9.74. The molecule has 0 bridgehead atoms. The Kier molecular flexibility index (Phi) is 5.68. The normalized spacial score (nSPS) is 31.2. The lowest BCUT2D eigenvalue weighted by Crippen LogP contribution is -2.52. The molecule has 1 atom stereocenters. The third kappa shape index (κ3) is 3.82. The molecule has 0 aromatic rings. The number of ether oxygens (including phenoxy) is 1. The van der Waals surface area contributed by atoms with Crippen molar-refractivity contribution in [1.29, 1.82) is 0 Å². The molecule has 0 saturated heterocycles. The van der Waals surface area contributed by atoms with Crippen molar-refractivity contribution in [3.05, 3.63) is 12.2 Å². The van der Waals surface area contributed by atoms with Crippen molar-refractivity contribution in [2.75, 3.05) is 6.61 Å². The molecule has 0 radical (unpaired) electrons. The highest BCUT2D eigenvalue weighted by Gasteiger charge is 2.40. The maximum Gasteiger partial charge on any atom is 0.0835 e. The van der Waals surface area contributed by atoms with Crippen LogP contribution in [0.4, 0.5) is 0 Å². The molecule has 1 aliphatic rings. The second-order valence-corrected chi connectivity index (χ2v) is 5.59. The zero-order valence-electron chi connectivity index (χ0n) is 11.8. The van der Waals surface area contributed by atoms with Crippen LogP contribution < -0.4 is 5.73 Å². The Labute approximate surface area is 107 Å². The summed E-state index contributed by atoms with van der Waals surface area (Å²) in [6.45, 7) is 11.4. The largest absolute Gasteiger partial charge is 0.374 e. The molecule has 2 heteroatoms. The van der Waals surface area contributed by atoms with Crippen LogP contribution in [-0.4, -0.2) is 18.2 Å². The predicted molar refractivity (Wildman–Crippen MR) is 74.0 cm³/mol. The van der Waals surface area contributed by atoms with Crippen LogP contribution in [0.15, 0.2) is 12.2 Å². The molecule has 0 amide bonds. The summed E-state index contributed by atoms with van der Waals surface area (Å²) in [7, 11) is 0. The van der Waals surface area contributed by atoms with E-state index in [2.05, 4.69) is 27.4 Å². The van der Waals surface area contributed by atoms with Gasteiger partial charge in [-0.15, -0.1) is 0 Å². The van der Waals surface area contributed by atoms with Crippen molar-refractivity contribution in [2.24, 2.45) is 11.7 Å². The summed E-state index contributed by atoms with van der Waals surface area (Å²) in [5, 5.41) is 0. The number of rotatable bonds is 6. The third-order valence-corrected chi connectivity index (χ3v) is 4.24. The van der Waals surface area contributed by atoms with Crippen LogP contribution in [0.5, 0.6) is 0 Å². The van der Waals surface area contributed by atoms with E-state index in [4.69, 9.17) is 10.5 Å². The number of nitrogens with two attached hydrogens (primary N) is 1. The zero-order chi connectivity index (χ0) is 12.9. The summed E-state index contributed by atoms with van der Waals surface area (Å²) in [4.78, 5) is 0. The van der Waals surface area contributed by atoms with Crippen molar-refractivity contribution in [3.63, 3.8) is 0 Å². The summed E-state index contributed by atoms with van der Waals surface area (Å²) >= 11 is 0. The zero-order valence-corrected chi connectivity index (χ0v) is 11.8. The SMILES string of the molecule is C=C(CC)CC(N)C1(OCC)CCC(C)CC1. The van der Waals surface area contributed by atoms with Gasteiger partial charge in [0.25, 0.3) is 0 Å². The highest BCUT2D eigenvalue weighted by Crippen LogP contribution is 2.38. The first-order valence-electron chi connectivity index (χ1n) is 7.10. The van der Waals surface area contributed by atoms with Crippen molar-refractivity contribution >= 4 is 0 Å². The Morgan fingerprint density at radius 3 is 2.47 bits per heavy atom. The fraction of sp³-hybridized carbons (Fsp3) is 0.867. The number of hydrogen-bond acceptors (Lipinski definition) is 2. The molecule has 1 aliphatic carbocycles. The Morgan fingerprint density at radius 1 is 1.41 bits per heavy atom.